The predicted molar refractivity (Wildman–Crippen MR) is 92.7 cm³/mol. The first-order chi connectivity index (χ1) is 9.56. The molecule has 20 heavy (non-hydrogen) atoms. The molecule has 0 saturated heterocycles. The Morgan fingerprint density at radius 1 is 0.650 bits per heavy atom. The number of hydrogen-bond donors (Lipinski definition) is 0. The summed E-state index contributed by atoms with van der Waals surface area (Å²) in [6, 6.07) is 16.1. The Morgan fingerprint density at radius 3 is 1.25 bits per heavy atom. The van der Waals surface area contributed by atoms with Gasteiger partial charge in [0.25, 0.3) is 0 Å². The van der Waals surface area contributed by atoms with Crippen molar-refractivity contribution in [2.75, 3.05) is 0 Å². The molecule has 0 saturated carbocycles. The van der Waals surface area contributed by atoms with E-state index in [4.69, 9.17) is 0 Å². The second kappa shape index (κ2) is 6.95. The topological polar surface area (TPSA) is 24.7 Å². The van der Waals surface area contributed by atoms with Crippen LogP contribution < -0.4 is 0 Å². The van der Waals surface area contributed by atoms with Crippen LogP contribution in [0.25, 0.3) is 0 Å². The molecule has 0 aliphatic carbocycles. The average Bonchev–Trinajstić information content (AvgIpc) is 2.46. The van der Waals surface area contributed by atoms with Gasteiger partial charge in [0.2, 0.25) is 0 Å². The summed E-state index contributed by atoms with van der Waals surface area (Å²) in [6.45, 7) is 3.92. The van der Waals surface area contributed by atoms with Crippen LogP contribution in [-0.4, -0.2) is 11.4 Å². The molecular formula is C16H14Br2N2. The summed E-state index contributed by atoms with van der Waals surface area (Å²) in [6.07, 6.45) is 0. The fourth-order valence-corrected chi connectivity index (χ4v) is 2.18. The lowest BCUT2D eigenvalue weighted by atomic mass is 10.1. The summed E-state index contributed by atoms with van der Waals surface area (Å²) in [5.74, 6) is 0. The van der Waals surface area contributed by atoms with Gasteiger partial charge in [-0.3, -0.25) is 0 Å². The smallest absolute Gasteiger partial charge is 0.0671 e. The normalized spacial score (nSPS) is 12.6. The zero-order valence-electron chi connectivity index (χ0n) is 11.3. The molecule has 0 spiro atoms. The van der Waals surface area contributed by atoms with Gasteiger partial charge >= 0.3 is 0 Å². The maximum absolute atomic E-state index is 4.30. The highest BCUT2D eigenvalue weighted by Crippen LogP contribution is 2.13. The van der Waals surface area contributed by atoms with Crippen molar-refractivity contribution >= 4 is 43.3 Å². The Kier molecular flexibility index (Phi) is 5.26. The van der Waals surface area contributed by atoms with Crippen LogP contribution in [0.1, 0.15) is 25.0 Å². The molecule has 2 nitrogen and oxygen atoms in total. The number of rotatable bonds is 3. The van der Waals surface area contributed by atoms with Crippen molar-refractivity contribution in [2.24, 2.45) is 10.2 Å². The van der Waals surface area contributed by atoms with Crippen LogP contribution in [0.4, 0.5) is 0 Å². The second-order valence-electron chi connectivity index (χ2n) is 4.38. The Hall–Kier alpha value is -1.26. The van der Waals surface area contributed by atoms with Crippen LogP contribution in [0.2, 0.25) is 0 Å². The van der Waals surface area contributed by atoms with Crippen LogP contribution in [0.15, 0.2) is 67.7 Å². The number of benzene rings is 2. The summed E-state index contributed by atoms with van der Waals surface area (Å²) < 4.78 is 2.12. The average molecular weight is 394 g/mol. The summed E-state index contributed by atoms with van der Waals surface area (Å²) in [5, 5.41) is 8.60. The van der Waals surface area contributed by atoms with Crippen molar-refractivity contribution in [1.29, 1.82) is 0 Å². The molecule has 0 unspecified atom stereocenters. The monoisotopic (exact) mass is 392 g/mol. The van der Waals surface area contributed by atoms with E-state index in [0.717, 1.165) is 31.5 Å². The van der Waals surface area contributed by atoms with Crippen molar-refractivity contribution in [1.82, 2.24) is 0 Å². The van der Waals surface area contributed by atoms with Gasteiger partial charge in [-0.25, -0.2) is 0 Å². The summed E-state index contributed by atoms with van der Waals surface area (Å²) in [7, 11) is 0. The van der Waals surface area contributed by atoms with Gasteiger partial charge in [-0.05, 0) is 49.2 Å². The van der Waals surface area contributed by atoms with Gasteiger partial charge in [0, 0.05) is 8.95 Å². The Morgan fingerprint density at radius 2 is 0.950 bits per heavy atom. The molecule has 2 aromatic rings. The lowest BCUT2D eigenvalue weighted by molar-refractivity contribution is 1.22. The highest BCUT2D eigenvalue weighted by atomic mass is 79.9. The van der Waals surface area contributed by atoms with Crippen molar-refractivity contribution in [2.45, 2.75) is 13.8 Å². The van der Waals surface area contributed by atoms with E-state index >= 15 is 0 Å². The van der Waals surface area contributed by atoms with E-state index in [0.29, 0.717) is 0 Å². The minimum atomic E-state index is 0.897. The molecule has 2 rings (SSSR count). The van der Waals surface area contributed by atoms with Gasteiger partial charge in [-0.1, -0.05) is 56.1 Å². The quantitative estimate of drug-likeness (QED) is 0.489. The molecule has 0 atom stereocenters. The van der Waals surface area contributed by atoms with Gasteiger partial charge in [0.1, 0.15) is 0 Å². The molecule has 102 valence electrons. The van der Waals surface area contributed by atoms with Gasteiger partial charge in [0.15, 0.2) is 0 Å². The first-order valence-electron chi connectivity index (χ1n) is 6.17. The van der Waals surface area contributed by atoms with Crippen LogP contribution >= 0.6 is 31.9 Å². The molecule has 0 aromatic heterocycles. The van der Waals surface area contributed by atoms with E-state index in [9.17, 15) is 0 Å². The van der Waals surface area contributed by atoms with E-state index in [1.165, 1.54) is 0 Å². The molecule has 0 aliphatic rings. The minimum absolute atomic E-state index is 0.897. The van der Waals surface area contributed by atoms with Gasteiger partial charge in [0.05, 0.1) is 11.4 Å². The van der Waals surface area contributed by atoms with E-state index in [2.05, 4.69) is 42.1 Å². The van der Waals surface area contributed by atoms with Crippen LogP contribution in [-0.2, 0) is 0 Å². The third-order valence-electron chi connectivity index (χ3n) is 2.87. The van der Waals surface area contributed by atoms with Crippen molar-refractivity contribution in [3.05, 3.63) is 68.6 Å². The summed E-state index contributed by atoms with van der Waals surface area (Å²) in [5.41, 5.74) is 3.93. The summed E-state index contributed by atoms with van der Waals surface area (Å²) in [4.78, 5) is 0. The molecule has 0 aliphatic heterocycles. The third-order valence-corrected chi connectivity index (χ3v) is 3.93. The molecular weight excluding hydrogens is 380 g/mol. The largest absolute Gasteiger partial charge is 0.155 e. The molecule has 0 bridgehead atoms. The molecule has 2 aromatic carbocycles. The molecule has 0 N–H and O–H groups in total. The maximum atomic E-state index is 4.30. The van der Waals surface area contributed by atoms with Crippen LogP contribution in [0.3, 0.4) is 0 Å². The Labute approximate surface area is 135 Å². The lowest BCUT2D eigenvalue weighted by Crippen LogP contribution is -1.96. The van der Waals surface area contributed by atoms with Gasteiger partial charge in [-0.15, -0.1) is 0 Å². The first kappa shape index (κ1) is 15.1. The highest BCUT2D eigenvalue weighted by Gasteiger charge is 1.99. The molecule has 4 heteroatoms. The second-order valence-corrected chi connectivity index (χ2v) is 6.22. The zero-order chi connectivity index (χ0) is 14.5. The molecule has 0 fully saturated rings. The zero-order valence-corrected chi connectivity index (χ0v) is 14.4. The lowest BCUT2D eigenvalue weighted by Gasteiger charge is -2.01. The number of hydrogen-bond acceptors (Lipinski definition) is 2. The minimum Gasteiger partial charge on any atom is -0.155 e. The Bertz CT molecular complexity index is 582. The van der Waals surface area contributed by atoms with Crippen molar-refractivity contribution < 1.29 is 0 Å². The first-order valence-corrected chi connectivity index (χ1v) is 7.75. The highest BCUT2D eigenvalue weighted by molar-refractivity contribution is 9.10. The van der Waals surface area contributed by atoms with Crippen LogP contribution in [0, 0.1) is 0 Å². The van der Waals surface area contributed by atoms with Crippen molar-refractivity contribution in [3.8, 4) is 0 Å². The van der Waals surface area contributed by atoms with Gasteiger partial charge in [-0.2, -0.15) is 10.2 Å². The maximum Gasteiger partial charge on any atom is 0.0671 e. The number of nitrogens with zero attached hydrogens (tertiary/aromatic N) is 2. The van der Waals surface area contributed by atoms with E-state index in [-0.39, 0.29) is 0 Å². The fourth-order valence-electron chi connectivity index (χ4n) is 1.65. The van der Waals surface area contributed by atoms with E-state index in [1.54, 1.807) is 0 Å². The van der Waals surface area contributed by atoms with Crippen LogP contribution in [0.5, 0.6) is 0 Å². The Balaban J connectivity index is 2.19. The van der Waals surface area contributed by atoms with Crippen molar-refractivity contribution in [3.63, 3.8) is 0 Å². The third kappa shape index (κ3) is 4.12. The molecule has 0 amide bonds. The predicted octanol–water partition coefficient (Wildman–Crippen LogP) is 5.44. The number of halogens is 2. The van der Waals surface area contributed by atoms with Gasteiger partial charge < -0.3 is 0 Å². The SMILES string of the molecule is C/C(=N/N=C(/C)c1ccc(Br)cc1)c1ccc(Br)cc1. The standard InChI is InChI=1S/C16H14Br2N2/c1-11(13-3-7-15(17)8-4-13)19-20-12(2)14-5-9-16(18)10-6-14/h3-10H,1-2H3/b19-11-,20-12-. The summed E-state index contributed by atoms with van der Waals surface area (Å²) >= 11 is 6.84. The van der Waals surface area contributed by atoms with E-state index in [1.807, 2.05) is 62.4 Å². The molecule has 0 radical (unpaired) electrons. The molecule has 0 heterocycles. The fraction of sp³-hybridized carbons (Fsp3) is 0.125. The van der Waals surface area contributed by atoms with E-state index < -0.39 is 0 Å².